The fraction of sp³-hybridized carbons (Fsp3) is 0.294. The molecule has 0 saturated carbocycles. The molecular weight excluding hydrogens is 294 g/mol. The normalized spacial score (nSPS) is 15.4. The van der Waals surface area contributed by atoms with Gasteiger partial charge in [-0.25, -0.2) is 4.98 Å². The number of carbonyl (C=O) groups is 1. The molecule has 4 nitrogen and oxygen atoms in total. The predicted octanol–water partition coefficient (Wildman–Crippen LogP) is 3.69. The molecule has 2 aromatic heterocycles. The molecule has 112 valence electrons. The number of piperidine rings is 1. The minimum atomic E-state index is 0.128. The third-order valence-electron chi connectivity index (χ3n) is 4.14. The minimum Gasteiger partial charge on any atom is -0.337 e. The molecule has 3 aromatic rings. The summed E-state index contributed by atoms with van der Waals surface area (Å²) >= 11 is 1.53. The fourth-order valence-electron chi connectivity index (χ4n) is 2.94. The van der Waals surface area contributed by atoms with Crippen molar-refractivity contribution in [1.82, 2.24) is 14.3 Å². The summed E-state index contributed by atoms with van der Waals surface area (Å²) in [5, 5.41) is 1.92. The molecule has 0 bridgehead atoms. The van der Waals surface area contributed by atoms with Crippen molar-refractivity contribution in [3.8, 4) is 11.3 Å². The van der Waals surface area contributed by atoms with Crippen LogP contribution in [0.4, 0.5) is 0 Å². The average molecular weight is 311 g/mol. The van der Waals surface area contributed by atoms with Crippen molar-refractivity contribution in [1.29, 1.82) is 0 Å². The lowest BCUT2D eigenvalue weighted by Gasteiger charge is -2.26. The Hall–Kier alpha value is -2.14. The van der Waals surface area contributed by atoms with E-state index < -0.39 is 0 Å². The molecule has 22 heavy (non-hydrogen) atoms. The van der Waals surface area contributed by atoms with Gasteiger partial charge in [-0.1, -0.05) is 30.3 Å². The first-order valence-electron chi connectivity index (χ1n) is 7.64. The number of amides is 1. The first-order valence-corrected chi connectivity index (χ1v) is 8.52. The quantitative estimate of drug-likeness (QED) is 0.724. The molecule has 0 aliphatic carbocycles. The first-order chi connectivity index (χ1) is 10.8. The van der Waals surface area contributed by atoms with Gasteiger partial charge in [-0.3, -0.25) is 9.20 Å². The van der Waals surface area contributed by atoms with Crippen LogP contribution in [0.25, 0.3) is 16.2 Å². The number of rotatable bonds is 2. The Morgan fingerprint density at radius 2 is 1.86 bits per heavy atom. The average Bonchev–Trinajstić information content (AvgIpc) is 3.16. The van der Waals surface area contributed by atoms with Gasteiger partial charge < -0.3 is 4.90 Å². The molecule has 1 amide bonds. The van der Waals surface area contributed by atoms with E-state index in [2.05, 4.69) is 4.98 Å². The summed E-state index contributed by atoms with van der Waals surface area (Å²) in [5.41, 5.74) is 2.73. The summed E-state index contributed by atoms with van der Waals surface area (Å²) in [4.78, 5) is 20.2. The Labute approximate surface area is 133 Å². The molecular formula is C17H17N3OS. The van der Waals surface area contributed by atoms with E-state index in [4.69, 9.17) is 0 Å². The lowest BCUT2D eigenvalue weighted by atomic mass is 10.1. The van der Waals surface area contributed by atoms with E-state index in [9.17, 15) is 4.79 Å². The van der Waals surface area contributed by atoms with E-state index in [-0.39, 0.29) is 5.91 Å². The molecule has 0 radical (unpaired) electrons. The topological polar surface area (TPSA) is 37.6 Å². The summed E-state index contributed by atoms with van der Waals surface area (Å²) in [6.45, 7) is 1.74. The van der Waals surface area contributed by atoms with Gasteiger partial charge in [0.25, 0.3) is 5.91 Å². The second-order valence-electron chi connectivity index (χ2n) is 5.62. The predicted molar refractivity (Wildman–Crippen MR) is 88.3 cm³/mol. The van der Waals surface area contributed by atoms with Gasteiger partial charge in [0.15, 0.2) is 4.96 Å². The van der Waals surface area contributed by atoms with Crippen molar-refractivity contribution in [3.63, 3.8) is 0 Å². The molecule has 5 heteroatoms. The highest BCUT2D eigenvalue weighted by molar-refractivity contribution is 7.15. The number of hydrogen-bond donors (Lipinski definition) is 0. The molecule has 1 fully saturated rings. The molecule has 4 rings (SSSR count). The Morgan fingerprint density at radius 1 is 1.09 bits per heavy atom. The zero-order valence-corrected chi connectivity index (χ0v) is 13.1. The van der Waals surface area contributed by atoms with Gasteiger partial charge in [-0.05, 0) is 19.3 Å². The smallest absolute Gasteiger partial charge is 0.271 e. The molecule has 0 N–H and O–H groups in total. The van der Waals surface area contributed by atoms with Gasteiger partial charge in [0, 0.05) is 30.2 Å². The summed E-state index contributed by atoms with van der Waals surface area (Å²) in [5.74, 6) is 0.128. The van der Waals surface area contributed by atoms with Crippen LogP contribution in [0.1, 0.15) is 29.8 Å². The number of benzene rings is 1. The second-order valence-corrected chi connectivity index (χ2v) is 6.46. The van der Waals surface area contributed by atoms with Gasteiger partial charge in [0.05, 0.1) is 5.69 Å². The number of thiazole rings is 1. The van der Waals surface area contributed by atoms with E-state index in [1.807, 2.05) is 51.2 Å². The lowest BCUT2D eigenvalue weighted by molar-refractivity contribution is 0.0717. The molecule has 1 aromatic carbocycles. The molecule has 0 unspecified atom stereocenters. The Morgan fingerprint density at radius 3 is 2.64 bits per heavy atom. The van der Waals surface area contributed by atoms with E-state index >= 15 is 0 Å². The van der Waals surface area contributed by atoms with Crippen LogP contribution < -0.4 is 0 Å². The largest absolute Gasteiger partial charge is 0.337 e. The molecule has 1 aliphatic rings. The van der Waals surface area contributed by atoms with Crippen molar-refractivity contribution >= 4 is 22.2 Å². The maximum atomic E-state index is 12.7. The van der Waals surface area contributed by atoms with Crippen LogP contribution in [0.15, 0.2) is 41.9 Å². The first kappa shape index (κ1) is 13.5. The third kappa shape index (κ3) is 2.31. The van der Waals surface area contributed by atoms with E-state index in [1.165, 1.54) is 17.8 Å². The van der Waals surface area contributed by atoms with Crippen LogP contribution in [0.5, 0.6) is 0 Å². The second kappa shape index (κ2) is 5.57. The highest BCUT2D eigenvalue weighted by atomic mass is 32.1. The Balaban J connectivity index is 1.70. The van der Waals surface area contributed by atoms with Crippen molar-refractivity contribution in [3.05, 3.63) is 47.6 Å². The number of carbonyl (C=O) groups excluding carboxylic acids is 1. The van der Waals surface area contributed by atoms with E-state index in [0.717, 1.165) is 47.8 Å². The van der Waals surface area contributed by atoms with Crippen LogP contribution in [0.3, 0.4) is 0 Å². The van der Waals surface area contributed by atoms with Gasteiger partial charge in [0.2, 0.25) is 0 Å². The number of fused-ring (bicyclic) bond motifs is 1. The lowest BCUT2D eigenvalue weighted by Crippen LogP contribution is -2.36. The summed E-state index contributed by atoms with van der Waals surface area (Å²) in [6.07, 6.45) is 5.42. The number of imidazole rings is 1. The SMILES string of the molecule is O=C(c1csc2nc(-c3ccccc3)cn12)N1CCCCC1. The maximum Gasteiger partial charge on any atom is 0.271 e. The molecule has 0 spiro atoms. The van der Waals surface area contributed by atoms with Crippen molar-refractivity contribution < 1.29 is 4.79 Å². The Kier molecular flexibility index (Phi) is 3.42. The molecule has 0 atom stereocenters. The third-order valence-corrected chi connectivity index (χ3v) is 4.98. The standard InChI is InChI=1S/C17H17N3OS/c21-16(19-9-5-2-6-10-19)15-12-22-17-18-14(11-20(15)17)13-7-3-1-4-8-13/h1,3-4,7-8,11-12H,2,5-6,9-10H2. The van der Waals surface area contributed by atoms with Gasteiger partial charge in [-0.2, -0.15) is 0 Å². The van der Waals surface area contributed by atoms with Crippen molar-refractivity contribution in [2.45, 2.75) is 19.3 Å². The maximum absolute atomic E-state index is 12.7. The van der Waals surface area contributed by atoms with Crippen molar-refractivity contribution in [2.75, 3.05) is 13.1 Å². The van der Waals surface area contributed by atoms with Gasteiger partial charge in [0.1, 0.15) is 5.69 Å². The van der Waals surface area contributed by atoms with Gasteiger partial charge in [-0.15, -0.1) is 11.3 Å². The fourth-order valence-corrected chi connectivity index (χ4v) is 3.79. The van der Waals surface area contributed by atoms with E-state index in [1.54, 1.807) is 0 Å². The van der Waals surface area contributed by atoms with Crippen LogP contribution in [0, 0.1) is 0 Å². The zero-order chi connectivity index (χ0) is 14.9. The van der Waals surface area contributed by atoms with Crippen LogP contribution in [0.2, 0.25) is 0 Å². The van der Waals surface area contributed by atoms with Crippen LogP contribution in [-0.2, 0) is 0 Å². The zero-order valence-electron chi connectivity index (χ0n) is 12.2. The molecule has 1 aliphatic heterocycles. The monoisotopic (exact) mass is 311 g/mol. The van der Waals surface area contributed by atoms with Gasteiger partial charge >= 0.3 is 0 Å². The van der Waals surface area contributed by atoms with E-state index in [0.29, 0.717) is 0 Å². The highest BCUT2D eigenvalue weighted by Gasteiger charge is 2.22. The summed E-state index contributed by atoms with van der Waals surface area (Å²) in [6, 6.07) is 10.1. The summed E-state index contributed by atoms with van der Waals surface area (Å²) in [7, 11) is 0. The summed E-state index contributed by atoms with van der Waals surface area (Å²) < 4.78 is 1.93. The molecule has 3 heterocycles. The van der Waals surface area contributed by atoms with Crippen molar-refractivity contribution in [2.24, 2.45) is 0 Å². The number of aromatic nitrogens is 2. The molecule has 1 saturated heterocycles. The minimum absolute atomic E-state index is 0.128. The van der Waals surface area contributed by atoms with Crippen LogP contribution >= 0.6 is 11.3 Å². The number of nitrogens with zero attached hydrogens (tertiary/aromatic N) is 3. The van der Waals surface area contributed by atoms with Crippen LogP contribution in [-0.4, -0.2) is 33.3 Å². The highest BCUT2D eigenvalue weighted by Crippen LogP contribution is 2.24. The Bertz CT molecular complexity index is 800. The number of hydrogen-bond acceptors (Lipinski definition) is 3. The number of likely N-dealkylation sites (tertiary alicyclic amines) is 1.